The molecule has 156 valence electrons. The lowest BCUT2D eigenvalue weighted by Crippen LogP contribution is -2.35. The Morgan fingerprint density at radius 2 is 2.07 bits per heavy atom. The second-order valence-corrected chi connectivity index (χ2v) is 11.0. The summed E-state index contributed by atoms with van der Waals surface area (Å²) in [4.78, 5) is 13.3. The first-order valence-electron chi connectivity index (χ1n) is 9.89. The smallest absolute Gasteiger partial charge is 0.307 e. The number of amides is 2. The van der Waals surface area contributed by atoms with Gasteiger partial charge in [-0.25, -0.2) is 17.9 Å². The van der Waals surface area contributed by atoms with Crippen LogP contribution in [-0.4, -0.2) is 14.4 Å². The molecule has 2 aliphatic rings. The van der Waals surface area contributed by atoms with E-state index < -0.39 is 16.1 Å². The molecule has 1 atom stereocenters. The van der Waals surface area contributed by atoms with Gasteiger partial charge >= 0.3 is 6.03 Å². The quantitative estimate of drug-likeness (QED) is 0.674. The van der Waals surface area contributed by atoms with Crippen molar-refractivity contribution < 1.29 is 13.2 Å². The number of fused-ring (bicyclic) bond motifs is 1. The van der Waals surface area contributed by atoms with Crippen molar-refractivity contribution in [3.63, 3.8) is 0 Å². The number of rotatable bonds is 6. The van der Waals surface area contributed by atoms with Gasteiger partial charge in [0.1, 0.15) is 6.07 Å². The van der Waals surface area contributed by atoms with E-state index in [0.717, 1.165) is 41.0 Å². The predicted octanol–water partition coefficient (Wildman–Crippen LogP) is 4.78. The van der Waals surface area contributed by atoms with Crippen molar-refractivity contribution in [3.05, 3.63) is 51.9 Å². The van der Waals surface area contributed by atoms with E-state index in [2.05, 4.69) is 35.7 Å². The molecule has 30 heavy (non-hydrogen) atoms. The van der Waals surface area contributed by atoms with Crippen LogP contribution in [0.5, 0.6) is 0 Å². The number of hydrogen-bond acceptors (Lipinski definition) is 5. The maximum absolute atomic E-state index is 12.8. The average Bonchev–Trinajstić information content (AvgIpc) is 3.39. The van der Waals surface area contributed by atoms with Crippen molar-refractivity contribution in [1.29, 1.82) is 5.26 Å². The number of carbonyl (C=O) groups excluding carboxylic acids is 1. The molecule has 0 spiro atoms. The molecule has 6 nitrogen and oxygen atoms in total. The van der Waals surface area contributed by atoms with Crippen LogP contribution >= 0.6 is 11.3 Å². The summed E-state index contributed by atoms with van der Waals surface area (Å²) in [6.45, 7) is 7.68. The minimum atomic E-state index is -4.18. The number of carbonyl (C=O) groups is 1. The third kappa shape index (κ3) is 3.75. The van der Waals surface area contributed by atoms with Gasteiger partial charge in [-0.1, -0.05) is 25.6 Å². The maximum atomic E-state index is 12.8. The van der Waals surface area contributed by atoms with E-state index in [1.807, 2.05) is 6.07 Å². The van der Waals surface area contributed by atoms with Crippen molar-refractivity contribution in [2.45, 2.75) is 49.7 Å². The van der Waals surface area contributed by atoms with Gasteiger partial charge in [-0.05, 0) is 72.8 Å². The lowest BCUT2D eigenvalue weighted by Gasteiger charge is -2.27. The third-order valence-corrected chi connectivity index (χ3v) is 9.02. The van der Waals surface area contributed by atoms with Crippen molar-refractivity contribution in [1.82, 2.24) is 4.72 Å². The van der Waals surface area contributed by atoms with Gasteiger partial charge in [0.25, 0.3) is 10.0 Å². The Labute approximate surface area is 180 Å². The monoisotopic (exact) mass is 441 g/mol. The van der Waals surface area contributed by atoms with Crippen LogP contribution in [0.25, 0.3) is 5.57 Å². The number of hydrogen-bond donors (Lipinski definition) is 2. The van der Waals surface area contributed by atoms with Crippen molar-refractivity contribution in [2.75, 3.05) is 5.32 Å². The minimum Gasteiger partial charge on any atom is -0.307 e. The van der Waals surface area contributed by atoms with Gasteiger partial charge in [0.15, 0.2) is 4.21 Å². The third-order valence-electron chi connectivity index (χ3n) is 5.85. The Bertz CT molecular complexity index is 1200. The van der Waals surface area contributed by atoms with Gasteiger partial charge in [0, 0.05) is 10.6 Å². The Kier molecular flexibility index (Phi) is 5.20. The number of aryl methyl sites for hydroxylation is 1. The molecule has 0 aliphatic heterocycles. The van der Waals surface area contributed by atoms with Gasteiger partial charge in [-0.15, -0.1) is 11.3 Å². The molecule has 1 heterocycles. The van der Waals surface area contributed by atoms with E-state index in [1.165, 1.54) is 24.5 Å². The molecular weight excluding hydrogens is 418 g/mol. The number of nitrogens with zero attached hydrogens (tertiary/aromatic N) is 1. The maximum Gasteiger partial charge on any atom is 0.333 e. The van der Waals surface area contributed by atoms with Crippen LogP contribution < -0.4 is 10.0 Å². The molecule has 0 bridgehead atoms. The van der Waals surface area contributed by atoms with E-state index in [1.54, 1.807) is 6.92 Å². The summed E-state index contributed by atoms with van der Waals surface area (Å²) in [6, 6.07) is 6.72. The van der Waals surface area contributed by atoms with Gasteiger partial charge < -0.3 is 5.32 Å². The van der Waals surface area contributed by atoms with E-state index in [4.69, 9.17) is 0 Å². The number of nitrogens with one attached hydrogen (secondary N) is 2. The fourth-order valence-corrected chi connectivity index (χ4v) is 6.24. The summed E-state index contributed by atoms with van der Waals surface area (Å²) in [6.07, 6.45) is 4.19. The molecular formula is C22H23N3O3S2. The largest absolute Gasteiger partial charge is 0.333 e. The number of urea groups is 1. The summed E-state index contributed by atoms with van der Waals surface area (Å²) in [5, 5.41) is 12.1. The highest BCUT2D eigenvalue weighted by Crippen LogP contribution is 2.46. The van der Waals surface area contributed by atoms with Gasteiger partial charge in [0.05, 0.1) is 5.56 Å². The minimum absolute atomic E-state index is 0.00477. The summed E-state index contributed by atoms with van der Waals surface area (Å²) >= 11 is 0.932. The summed E-state index contributed by atoms with van der Waals surface area (Å²) in [7, 11) is -4.18. The first-order chi connectivity index (χ1) is 14.2. The molecule has 1 saturated carbocycles. The molecule has 0 unspecified atom stereocenters. The summed E-state index contributed by atoms with van der Waals surface area (Å²) in [5.41, 5.74) is 4.74. The topological polar surface area (TPSA) is 99.1 Å². The Morgan fingerprint density at radius 1 is 1.33 bits per heavy atom. The second-order valence-electron chi connectivity index (χ2n) is 8.06. The zero-order chi connectivity index (χ0) is 21.6. The van der Waals surface area contributed by atoms with Crippen molar-refractivity contribution in [3.8, 4) is 6.07 Å². The van der Waals surface area contributed by atoms with Crippen LogP contribution in [0.2, 0.25) is 0 Å². The summed E-state index contributed by atoms with van der Waals surface area (Å²) in [5.74, 6) is 0.920. The fraction of sp³-hybridized carbons (Fsp3) is 0.364. The first kappa shape index (κ1) is 20.6. The summed E-state index contributed by atoms with van der Waals surface area (Å²) < 4.78 is 27.5. The normalized spacial score (nSPS) is 16.0. The molecule has 1 aromatic heterocycles. The van der Waals surface area contributed by atoms with Crippen molar-refractivity contribution in [2.24, 2.45) is 5.92 Å². The number of allylic oxidation sites excluding steroid dienone is 1. The zero-order valence-electron chi connectivity index (χ0n) is 16.9. The number of benzene rings is 1. The molecule has 2 aromatic rings. The fourth-order valence-electron chi connectivity index (χ4n) is 3.86. The molecule has 2 amide bonds. The predicted molar refractivity (Wildman–Crippen MR) is 118 cm³/mol. The zero-order valence-corrected chi connectivity index (χ0v) is 18.5. The lowest BCUT2D eigenvalue weighted by molar-refractivity contribution is 0.256. The van der Waals surface area contributed by atoms with Crippen LogP contribution in [-0.2, 0) is 22.9 Å². The van der Waals surface area contributed by atoms with Crippen LogP contribution in [0, 0.1) is 17.2 Å². The molecule has 4 rings (SSSR count). The Balaban J connectivity index is 1.59. The second kappa shape index (κ2) is 7.56. The van der Waals surface area contributed by atoms with Crippen LogP contribution in [0.3, 0.4) is 0 Å². The SMILES string of the molecule is C=C(C)c1cc(C#N)c(S(=O)(=O)NC(=O)Nc2c([C@H](C)C3CC3)ccc3c2CC3)s1. The standard InChI is InChI=1S/C22H23N3O3S2/c1-12(2)19-10-16(11-23)21(29-19)30(27,28)25-22(26)24-20-17(13(3)14-4-5-14)8-6-15-7-9-18(15)20/h6,8,10,13-14H,1,4-5,7,9H2,2-3H3,(H2,24,25,26)/t13-/m1/s1. The Morgan fingerprint density at radius 3 is 2.63 bits per heavy atom. The van der Waals surface area contributed by atoms with E-state index in [9.17, 15) is 18.5 Å². The number of nitriles is 1. The van der Waals surface area contributed by atoms with Crippen LogP contribution in [0.15, 0.2) is 29.0 Å². The van der Waals surface area contributed by atoms with E-state index >= 15 is 0 Å². The van der Waals surface area contributed by atoms with E-state index in [-0.39, 0.29) is 9.77 Å². The highest BCUT2D eigenvalue weighted by Gasteiger charge is 2.33. The number of anilines is 1. The number of thiophene rings is 1. The van der Waals surface area contributed by atoms with Gasteiger partial charge in [-0.3, -0.25) is 0 Å². The number of sulfonamides is 1. The van der Waals surface area contributed by atoms with Crippen LogP contribution in [0.1, 0.15) is 59.7 Å². The molecule has 1 fully saturated rings. The van der Waals surface area contributed by atoms with E-state index in [0.29, 0.717) is 22.3 Å². The highest BCUT2D eigenvalue weighted by molar-refractivity contribution is 7.92. The van der Waals surface area contributed by atoms with Crippen LogP contribution in [0.4, 0.5) is 10.5 Å². The molecule has 0 radical (unpaired) electrons. The molecule has 1 aromatic carbocycles. The first-order valence-corrected chi connectivity index (χ1v) is 12.2. The Hall–Kier alpha value is -2.63. The average molecular weight is 442 g/mol. The van der Waals surface area contributed by atoms with Gasteiger partial charge in [0.2, 0.25) is 0 Å². The highest BCUT2D eigenvalue weighted by atomic mass is 32.2. The lowest BCUT2D eigenvalue weighted by atomic mass is 9.82. The van der Waals surface area contributed by atoms with Crippen molar-refractivity contribution >= 4 is 38.7 Å². The molecule has 8 heteroatoms. The molecule has 2 N–H and O–H groups in total. The molecule has 0 saturated heterocycles. The molecule has 2 aliphatic carbocycles. The van der Waals surface area contributed by atoms with Gasteiger partial charge in [-0.2, -0.15) is 5.26 Å².